The van der Waals surface area contributed by atoms with E-state index in [2.05, 4.69) is 55.5 Å². The van der Waals surface area contributed by atoms with E-state index in [1.54, 1.807) is 30.3 Å². The number of hydrogen-bond acceptors (Lipinski definition) is 6. The fraction of sp³-hybridized carbons (Fsp3) is 0.216. The predicted octanol–water partition coefficient (Wildman–Crippen LogP) is 7.31. The minimum absolute atomic E-state index is 0.0216. The monoisotopic (exact) mass is 651 g/mol. The number of carbonyl (C=O) groups excluding carboxylic acids is 1. The molecular formula is C37H34FN3O5S. The first-order valence-electron chi connectivity index (χ1n) is 15.0. The van der Waals surface area contributed by atoms with E-state index in [0.717, 1.165) is 16.7 Å². The highest BCUT2D eigenvalue weighted by atomic mass is 32.2. The maximum Gasteiger partial charge on any atom is 0.266 e. The molecule has 1 atom stereocenters. The summed E-state index contributed by atoms with van der Waals surface area (Å²) in [7, 11) is -4.17. The fourth-order valence-electron chi connectivity index (χ4n) is 5.28. The second-order valence-corrected chi connectivity index (χ2v) is 13.9. The molecule has 0 aliphatic carbocycles. The van der Waals surface area contributed by atoms with Crippen molar-refractivity contribution in [2.24, 2.45) is 0 Å². The molecule has 0 bridgehead atoms. The van der Waals surface area contributed by atoms with Gasteiger partial charge < -0.3 is 9.84 Å². The molecule has 0 fully saturated rings. The summed E-state index contributed by atoms with van der Waals surface area (Å²) in [6.07, 6.45) is 0.544. The number of rotatable bonds is 10. The summed E-state index contributed by atoms with van der Waals surface area (Å²) in [4.78, 5) is 12.5. The summed E-state index contributed by atoms with van der Waals surface area (Å²) >= 11 is 0. The van der Waals surface area contributed by atoms with Crippen LogP contribution in [0.1, 0.15) is 65.0 Å². The molecule has 47 heavy (non-hydrogen) atoms. The molecule has 5 rings (SSSR count). The molecule has 0 radical (unpaired) electrons. The van der Waals surface area contributed by atoms with Gasteiger partial charge in [0.05, 0.1) is 23.1 Å². The molecule has 10 heteroatoms. The molecule has 8 nitrogen and oxygen atoms in total. The average molecular weight is 652 g/mol. The van der Waals surface area contributed by atoms with E-state index in [9.17, 15) is 17.6 Å². The predicted molar refractivity (Wildman–Crippen MR) is 178 cm³/mol. The van der Waals surface area contributed by atoms with E-state index in [4.69, 9.17) is 14.3 Å². The SMILES string of the molecule is CC(C)(C)c1ccc(C(Cc2ccc(C(=O)NCCS(=O)(=O)O)cc2)c2cc(-c3cccc(-c4ccc(C#N)cc4F)c3)on2)cc1. The molecule has 0 saturated carbocycles. The molecule has 4 aromatic carbocycles. The lowest BCUT2D eigenvalue weighted by molar-refractivity contribution is 0.0956. The molecule has 0 aliphatic heterocycles. The van der Waals surface area contributed by atoms with Gasteiger partial charge in [-0.05, 0) is 64.4 Å². The smallest absolute Gasteiger partial charge is 0.266 e. The van der Waals surface area contributed by atoms with Gasteiger partial charge in [-0.2, -0.15) is 13.7 Å². The van der Waals surface area contributed by atoms with Crippen LogP contribution >= 0.6 is 0 Å². The van der Waals surface area contributed by atoms with E-state index in [0.29, 0.717) is 34.6 Å². The van der Waals surface area contributed by atoms with Crippen molar-refractivity contribution in [2.75, 3.05) is 12.3 Å². The zero-order valence-corrected chi connectivity index (χ0v) is 27.0. The minimum atomic E-state index is -4.17. The maximum absolute atomic E-state index is 14.8. The second-order valence-electron chi connectivity index (χ2n) is 12.4. The normalized spacial score (nSPS) is 12.3. The van der Waals surface area contributed by atoms with Gasteiger partial charge in [0.25, 0.3) is 16.0 Å². The van der Waals surface area contributed by atoms with Gasteiger partial charge in [0, 0.05) is 35.2 Å². The third-order valence-corrected chi connectivity index (χ3v) is 8.64. The molecule has 5 aromatic rings. The molecule has 240 valence electrons. The van der Waals surface area contributed by atoms with Crippen molar-refractivity contribution in [3.05, 3.63) is 136 Å². The van der Waals surface area contributed by atoms with Crippen molar-refractivity contribution in [1.29, 1.82) is 5.26 Å². The Morgan fingerprint density at radius 3 is 2.32 bits per heavy atom. The molecule has 1 unspecified atom stereocenters. The Labute approximate surface area is 273 Å². The van der Waals surface area contributed by atoms with Crippen LogP contribution in [0.2, 0.25) is 0 Å². The van der Waals surface area contributed by atoms with Gasteiger partial charge in [0.2, 0.25) is 0 Å². The standard InChI is InChI=1S/C37H34FN3O5S/c1-37(2,3)30-14-12-26(13-15-30)32(19-24-7-10-27(11-8-24)36(42)40-17-18-47(43,44)45)34-22-35(46-41-34)29-6-4-5-28(21-29)31-16-9-25(23-39)20-33(31)38/h4-16,20-22,32H,17-19H2,1-3H3,(H,40,42)(H,43,44,45). The molecule has 0 saturated heterocycles. The topological polar surface area (TPSA) is 133 Å². The molecule has 1 heterocycles. The summed E-state index contributed by atoms with van der Waals surface area (Å²) < 4.78 is 51.4. The van der Waals surface area contributed by atoms with Gasteiger partial charge in [0.1, 0.15) is 5.82 Å². The lowest BCUT2D eigenvalue weighted by atomic mass is 9.83. The largest absolute Gasteiger partial charge is 0.356 e. The van der Waals surface area contributed by atoms with E-state index in [-0.39, 0.29) is 23.4 Å². The van der Waals surface area contributed by atoms with Gasteiger partial charge in [0.15, 0.2) is 5.76 Å². The lowest BCUT2D eigenvalue weighted by Crippen LogP contribution is -2.28. The van der Waals surface area contributed by atoms with E-state index in [1.165, 1.54) is 11.6 Å². The van der Waals surface area contributed by atoms with E-state index < -0.39 is 27.6 Å². The van der Waals surface area contributed by atoms with Gasteiger partial charge in [-0.3, -0.25) is 9.35 Å². The molecule has 0 aliphatic rings. The van der Waals surface area contributed by atoms with E-state index >= 15 is 0 Å². The summed E-state index contributed by atoms with van der Waals surface area (Å²) in [6.45, 7) is 6.26. The molecule has 0 spiro atoms. The number of nitrogens with one attached hydrogen (secondary N) is 1. The van der Waals surface area contributed by atoms with Crippen molar-refractivity contribution >= 4 is 16.0 Å². The summed E-state index contributed by atoms with van der Waals surface area (Å²) in [6, 6.07) is 30.9. The van der Waals surface area contributed by atoms with Crippen LogP contribution < -0.4 is 5.32 Å². The van der Waals surface area contributed by atoms with Crippen molar-refractivity contribution < 1.29 is 26.7 Å². The van der Waals surface area contributed by atoms with Crippen LogP contribution in [0, 0.1) is 17.1 Å². The third kappa shape index (κ3) is 8.38. The van der Waals surface area contributed by atoms with Crippen LogP contribution in [0.4, 0.5) is 4.39 Å². The number of carbonyl (C=O) groups is 1. The Hall–Kier alpha value is -5.11. The Kier molecular flexibility index (Phi) is 9.70. The molecule has 2 N–H and O–H groups in total. The number of nitrogens with zero attached hydrogens (tertiary/aromatic N) is 2. The third-order valence-electron chi connectivity index (χ3n) is 7.92. The van der Waals surface area contributed by atoms with Crippen molar-refractivity contribution in [3.63, 3.8) is 0 Å². The van der Waals surface area contributed by atoms with Crippen molar-refractivity contribution in [1.82, 2.24) is 10.5 Å². The Bertz CT molecular complexity index is 2040. The molecule has 1 amide bonds. The van der Waals surface area contributed by atoms with Crippen LogP contribution in [0.3, 0.4) is 0 Å². The molecular weight excluding hydrogens is 617 g/mol. The first-order valence-corrected chi connectivity index (χ1v) is 16.6. The van der Waals surface area contributed by atoms with Crippen molar-refractivity contribution in [2.45, 2.75) is 38.5 Å². The molecule has 1 aromatic heterocycles. The number of aromatic nitrogens is 1. The number of benzene rings is 4. The number of halogens is 1. The summed E-state index contributed by atoms with van der Waals surface area (Å²) in [5.74, 6) is -1.18. The van der Waals surface area contributed by atoms with Crippen LogP contribution in [0.5, 0.6) is 0 Å². The first-order chi connectivity index (χ1) is 22.3. The van der Waals surface area contributed by atoms with Crippen LogP contribution in [0.25, 0.3) is 22.5 Å². The maximum atomic E-state index is 14.8. The fourth-order valence-corrected chi connectivity index (χ4v) is 5.64. The van der Waals surface area contributed by atoms with Crippen LogP contribution in [-0.4, -0.2) is 36.3 Å². The van der Waals surface area contributed by atoms with Gasteiger partial charge in [-0.15, -0.1) is 0 Å². The van der Waals surface area contributed by atoms with Gasteiger partial charge in [-0.1, -0.05) is 86.6 Å². The average Bonchev–Trinajstić information content (AvgIpc) is 3.53. The quantitative estimate of drug-likeness (QED) is 0.151. The van der Waals surface area contributed by atoms with Crippen LogP contribution in [-0.2, 0) is 22.0 Å². The highest BCUT2D eigenvalue weighted by molar-refractivity contribution is 7.85. The number of nitriles is 1. The van der Waals surface area contributed by atoms with E-state index in [1.807, 2.05) is 42.5 Å². The minimum Gasteiger partial charge on any atom is -0.356 e. The Morgan fingerprint density at radius 1 is 0.979 bits per heavy atom. The zero-order valence-electron chi connectivity index (χ0n) is 26.2. The first kappa shape index (κ1) is 33.3. The Morgan fingerprint density at radius 2 is 1.68 bits per heavy atom. The lowest BCUT2D eigenvalue weighted by Gasteiger charge is -2.21. The van der Waals surface area contributed by atoms with Gasteiger partial charge >= 0.3 is 0 Å². The highest BCUT2D eigenvalue weighted by Gasteiger charge is 2.22. The second kappa shape index (κ2) is 13.7. The summed E-state index contributed by atoms with van der Waals surface area (Å²) in [5, 5.41) is 16.0. The number of hydrogen-bond donors (Lipinski definition) is 2. The number of amides is 1. The van der Waals surface area contributed by atoms with Crippen LogP contribution in [0.15, 0.2) is 102 Å². The Balaban J connectivity index is 1.43. The van der Waals surface area contributed by atoms with Gasteiger partial charge in [-0.25, -0.2) is 4.39 Å². The van der Waals surface area contributed by atoms with Crippen molar-refractivity contribution in [3.8, 4) is 28.5 Å². The summed E-state index contributed by atoms with van der Waals surface area (Å²) in [5.41, 5.74) is 6.17. The highest BCUT2D eigenvalue weighted by Crippen LogP contribution is 2.34. The zero-order chi connectivity index (χ0) is 33.8.